The molecule has 0 saturated carbocycles. The monoisotopic (exact) mass is 373 g/mol. The number of benzene rings is 1. The van der Waals surface area contributed by atoms with Crippen molar-refractivity contribution >= 4 is 27.5 Å². The number of nitrogens with zero attached hydrogens (tertiary/aromatic N) is 2. The topological polar surface area (TPSA) is 43.8 Å². The zero-order valence-corrected chi connectivity index (χ0v) is 14.4. The second-order valence-corrected chi connectivity index (χ2v) is 6.27. The van der Waals surface area contributed by atoms with Gasteiger partial charge in [-0.3, -0.25) is 4.68 Å². The molecule has 0 bridgehead atoms. The second kappa shape index (κ2) is 6.90. The van der Waals surface area contributed by atoms with E-state index in [2.05, 4.69) is 28.0 Å². The van der Waals surface area contributed by atoms with Gasteiger partial charge >= 0.3 is 0 Å². The predicted octanol–water partition coefficient (Wildman–Crippen LogP) is 3.65. The first-order valence-electron chi connectivity index (χ1n) is 6.82. The van der Waals surface area contributed by atoms with Gasteiger partial charge in [0.2, 0.25) is 0 Å². The Labute approximate surface area is 137 Å². The first kappa shape index (κ1) is 16.5. The molecule has 0 aliphatic heterocycles. The number of rotatable bonds is 5. The minimum atomic E-state index is -0.382. The molecule has 0 amide bonds. The normalized spacial score (nSPS) is 12.7. The summed E-state index contributed by atoms with van der Waals surface area (Å²) >= 11 is 9.36. The van der Waals surface area contributed by atoms with Crippen LogP contribution in [0.2, 0.25) is 5.02 Å². The van der Waals surface area contributed by atoms with E-state index in [9.17, 15) is 4.39 Å². The van der Waals surface area contributed by atoms with E-state index in [1.807, 2.05) is 11.7 Å². The first-order valence-corrected chi connectivity index (χ1v) is 7.99. The van der Waals surface area contributed by atoms with Crippen LogP contribution in [0.25, 0.3) is 0 Å². The summed E-state index contributed by atoms with van der Waals surface area (Å²) in [6, 6.07) is 4.80. The number of hydrogen-bond donors (Lipinski definition) is 1. The van der Waals surface area contributed by atoms with Gasteiger partial charge in [0.1, 0.15) is 5.82 Å². The van der Waals surface area contributed by atoms with Gasteiger partial charge in [-0.25, -0.2) is 4.39 Å². The molecule has 3 nitrogen and oxygen atoms in total. The Morgan fingerprint density at radius 1 is 1.43 bits per heavy atom. The van der Waals surface area contributed by atoms with Crippen LogP contribution in [-0.2, 0) is 26.3 Å². The number of aromatic nitrogens is 2. The fraction of sp³-hybridized carbons (Fsp3) is 0.400. The summed E-state index contributed by atoms with van der Waals surface area (Å²) in [6.07, 6.45) is 1.91. The molecule has 0 aliphatic rings. The average Bonchev–Trinajstić information content (AvgIpc) is 2.71. The standard InChI is InChI=1S/C15H18BrClFN3/c1-3-12-14(16)13(21(2)20-12)8-10(19)7-9-5-4-6-11(17)15(9)18/h4-6,10H,3,7-8,19H2,1-2H3. The van der Waals surface area contributed by atoms with Crippen molar-refractivity contribution < 1.29 is 4.39 Å². The molecule has 0 aliphatic carbocycles. The Morgan fingerprint density at radius 3 is 2.76 bits per heavy atom. The van der Waals surface area contributed by atoms with Crippen LogP contribution in [0, 0.1) is 5.82 Å². The Hall–Kier alpha value is -0.910. The summed E-state index contributed by atoms with van der Waals surface area (Å²) in [4.78, 5) is 0. The Kier molecular flexibility index (Phi) is 5.41. The highest BCUT2D eigenvalue weighted by Crippen LogP contribution is 2.24. The summed E-state index contributed by atoms with van der Waals surface area (Å²) < 4.78 is 16.7. The van der Waals surface area contributed by atoms with Crippen LogP contribution in [0.5, 0.6) is 0 Å². The van der Waals surface area contributed by atoms with Crippen LogP contribution in [0.15, 0.2) is 22.7 Å². The molecule has 1 heterocycles. The molecule has 1 unspecified atom stereocenters. The molecule has 2 N–H and O–H groups in total. The molecule has 1 aromatic carbocycles. The minimum Gasteiger partial charge on any atom is -0.327 e. The lowest BCUT2D eigenvalue weighted by Crippen LogP contribution is -2.27. The fourth-order valence-electron chi connectivity index (χ4n) is 2.35. The lowest BCUT2D eigenvalue weighted by Gasteiger charge is -2.13. The average molecular weight is 375 g/mol. The highest BCUT2D eigenvalue weighted by atomic mass is 79.9. The summed E-state index contributed by atoms with van der Waals surface area (Å²) in [5.74, 6) is -0.382. The SMILES string of the molecule is CCc1nn(C)c(CC(N)Cc2cccc(Cl)c2F)c1Br. The van der Waals surface area contributed by atoms with Crippen molar-refractivity contribution in [2.45, 2.75) is 32.2 Å². The van der Waals surface area contributed by atoms with Crippen molar-refractivity contribution in [1.82, 2.24) is 9.78 Å². The lowest BCUT2D eigenvalue weighted by molar-refractivity contribution is 0.571. The molecule has 1 atom stereocenters. The molecule has 0 saturated heterocycles. The van der Waals surface area contributed by atoms with Crippen molar-refractivity contribution in [3.05, 3.63) is 50.5 Å². The van der Waals surface area contributed by atoms with Crippen molar-refractivity contribution in [1.29, 1.82) is 0 Å². The van der Waals surface area contributed by atoms with E-state index < -0.39 is 0 Å². The largest absolute Gasteiger partial charge is 0.327 e. The fourth-order valence-corrected chi connectivity index (χ4v) is 3.32. The maximum atomic E-state index is 13.9. The molecule has 0 fully saturated rings. The zero-order valence-electron chi connectivity index (χ0n) is 12.0. The van der Waals surface area contributed by atoms with E-state index in [0.29, 0.717) is 18.4 Å². The van der Waals surface area contributed by atoms with Crippen LogP contribution in [0.4, 0.5) is 4.39 Å². The van der Waals surface area contributed by atoms with Gasteiger partial charge < -0.3 is 5.73 Å². The van der Waals surface area contributed by atoms with E-state index >= 15 is 0 Å². The number of hydrogen-bond acceptors (Lipinski definition) is 2. The van der Waals surface area contributed by atoms with Gasteiger partial charge in [-0.15, -0.1) is 0 Å². The third-order valence-corrected chi connectivity index (χ3v) is 4.68. The van der Waals surface area contributed by atoms with Crippen molar-refractivity contribution in [2.24, 2.45) is 12.8 Å². The van der Waals surface area contributed by atoms with E-state index in [-0.39, 0.29) is 16.9 Å². The summed E-state index contributed by atoms with van der Waals surface area (Å²) in [5.41, 5.74) is 8.76. The summed E-state index contributed by atoms with van der Waals surface area (Å²) in [7, 11) is 1.89. The molecule has 0 radical (unpaired) electrons. The number of halogens is 3. The number of nitrogens with two attached hydrogens (primary N) is 1. The van der Waals surface area contributed by atoms with Gasteiger partial charge in [0, 0.05) is 19.5 Å². The summed E-state index contributed by atoms with van der Waals surface area (Å²) in [5, 5.41) is 4.57. The van der Waals surface area contributed by atoms with E-state index in [4.69, 9.17) is 17.3 Å². The van der Waals surface area contributed by atoms with Crippen LogP contribution in [0.1, 0.15) is 23.9 Å². The summed E-state index contributed by atoms with van der Waals surface area (Å²) in [6.45, 7) is 2.05. The number of aryl methyl sites for hydroxylation is 2. The van der Waals surface area contributed by atoms with Gasteiger partial charge in [-0.1, -0.05) is 30.7 Å². The molecule has 6 heteroatoms. The lowest BCUT2D eigenvalue weighted by atomic mass is 10.0. The van der Waals surface area contributed by atoms with Crippen molar-refractivity contribution in [3.63, 3.8) is 0 Å². The zero-order chi connectivity index (χ0) is 15.6. The molecule has 1 aromatic heterocycles. The van der Waals surface area contributed by atoms with E-state index in [1.54, 1.807) is 12.1 Å². The van der Waals surface area contributed by atoms with Crippen LogP contribution >= 0.6 is 27.5 Å². The quantitative estimate of drug-likeness (QED) is 0.868. The van der Waals surface area contributed by atoms with Gasteiger partial charge in [0.15, 0.2) is 0 Å². The smallest absolute Gasteiger partial charge is 0.145 e. The van der Waals surface area contributed by atoms with Gasteiger partial charge in [-0.05, 0) is 40.4 Å². The van der Waals surface area contributed by atoms with E-state index in [0.717, 1.165) is 22.3 Å². The maximum Gasteiger partial charge on any atom is 0.145 e. The highest BCUT2D eigenvalue weighted by molar-refractivity contribution is 9.10. The molecule has 0 spiro atoms. The minimum absolute atomic E-state index is 0.134. The van der Waals surface area contributed by atoms with Gasteiger partial charge in [0.05, 0.1) is 20.9 Å². The molecule has 2 rings (SSSR count). The Bertz CT molecular complexity index is 642. The molecule has 114 valence electrons. The van der Waals surface area contributed by atoms with Crippen LogP contribution in [-0.4, -0.2) is 15.8 Å². The molecule has 2 aromatic rings. The van der Waals surface area contributed by atoms with E-state index in [1.165, 1.54) is 6.07 Å². The third-order valence-electron chi connectivity index (χ3n) is 3.47. The van der Waals surface area contributed by atoms with Crippen molar-refractivity contribution in [3.8, 4) is 0 Å². The molecule has 21 heavy (non-hydrogen) atoms. The Balaban J connectivity index is 2.14. The van der Waals surface area contributed by atoms with Gasteiger partial charge in [-0.2, -0.15) is 5.10 Å². The Morgan fingerprint density at radius 2 is 2.14 bits per heavy atom. The predicted molar refractivity (Wildman–Crippen MR) is 87.1 cm³/mol. The van der Waals surface area contributed by atoms with Crippen molar-refractivity contribution in [2.75, 3.05) is 0 Å². The molecular weight excluding hydrogens is 357 g/mol. The van der Waals surface area contributed by atoms with Crippen LogP contribution < -0.4 is 5.73 Å². The first-order chi connectivity index (χ1) is 9.93. The maximum absolute atomic E-state index is 13.9. The third kappa shape index (κ3) is 3.65. The highest BCUT2D eigenvalue weighted by Gasteiger charge is 2.17. The molecular formula is C15H18BrClFN3. The van der Waals surface area contributed by atoms with Gasteiger partial charge in [0.25, 0.3) is 0 Å². The van der Waals surface area contributed by atoms with Crippen LogP contribution in [0.3, 0.4) is 0 Å². The second-order valence-electron chi connectivity index (χ2n) is 5.07.